The maximum atomic E-state index is 13.1. The smallest absolute Gasteiger partial charge is 0.128 e. The number of halogens is 1. The van der Waals surface area contributed by atoms with E-state index in [0.29, 0.717) is 30.8 Å². The molecule has 0 spiro atoms. The van der Waals surface area contributed by atoms with E-state index in [1.807, 2.05) is 6.07 Å². The van der Waals surface area contributed by atoms with Crippen molar-refractivity contribution in [3.05, 3.63) is 29.6 Å². The second-order valence-electron chi connectivity index (χ2n) is 3.44. The third-order valence-corrected chi connectivity index (χ3v) is 2.17. The highest BCUT2D eigenvalue weighted by Gasteiger charge is 2.08. The zero-order valence-electron chi connectivity index (χ0n) is 9.48. The van der Waals surface area contributed by atoms with Gasteiger partial charge in [-0.3, -0.25) is 0 Å². The molecule has 0 aromatic heterocycles. The molecule has 1 aromatic rings. The second-order valence-corrected chi connectivity index (χ2v) is 3.44. The summed E-state index contributed by atoms with van der Waals surface area (Å²) in [6.45, 7) is 1.92. The lowest BCUT2D eigenvalue weighted by molar-refractivity contribution is 0.308. The summed E-state index contributed by atoms with van der Waals surface area (Å²) in [5.41, 5.74) is 0.684. The van der Waals surface area contributed by atoms with Crippen LogP contribution in [0.1, 0.15) is 25.3 Å². The van der Waals surface area contributed by atoms with E-state index in [9.17, 15) is 4.39 Å². The van der Waals surface area contributed by atoms with Crippen molar-refractivity contribution in [1.29, 1.82) is 5.26 Å². The predicted molar refractivity (Wildman–Crippen MR) is 60.7 cm³/mol. The monoisotopic (exact) mass is 236 g/mol. The highest BCUT2D eigenvalue weighted by molar-refractivity contribution is 6.00. The fourth-order valence-electron chi connectivity index (χ4n) is 1.30. The Balaban J connectivity index is 2.81. The summed E-state index contributed by atoms with van der Waals surface area (Å²) in [6, 6.07) is 6.00. The van der Waals surface area contributed by atoms with E-state index in [4.69, 9.17) is 15.2 Å². The molecule has 0 radical (unpaired) electrons. The van der Waals surface area contributed by atoms with Crippen LogP contribution in [0.2, 0.25) is 0 Å². The minimum Gasteiger partial charge on any atom is -0.493 e. The van der Waals surface area contributed by atoms with E-state index in [0.717, 1.165) is 0 Å². The van der Waals surface area contributed by atoms with Crippen LogP contribution < -0.4 is 4.74 Å². The molecule has 0 amide bonds. The van der Waals surface area contributed by atoms with Crippen LogP contribution in [0.4, 0.5) is 4.39 Å². The summed E-state index contributed by atoms with van der Waals surface area (Å²) in [4.78, 5) is 0. The molecular weight excluding hydrogens is 223 g/mol. The van der Waals surface area contributed by atoms with Crippen LogP contribution in [0.25, 0.3) is 0 Å². The number of unbranched alkanes of at least 4 members (excludes halogenated alkanes) is 1. The van der Waals surface area contributed by atoms with E-state index in [1.165, 1.54) is 18.2 Å². The second kappa shape index (κ2) is 6.48. The van der Waals surface area contributed by atoms with E-state index in [-0.39, 0.29) is 5.71 Å². The number of benzene rings is 1. The highest BCUT2D eigenvalue weighted by atomic mass is 19.1. The minimum atomic E-state index is -0.424. The lowest BCUT2D eigenvalue weighted by Crippen LogP contribution is -2.04. The lowest BCUT2D eigenvalue weighted by atomic mass is 10.1. The first-order chi connectivity index (χ1) is 8.19. The maximum Gasteiger partial charge on any atom is 0.128 e. The third-order valence-electron chi connectivity index (χ3n) is 2.17. The van der Waals surface area contributed by atoms with E-state index in [1.54, 1.807) is 6.92 Å². The first kappa shape index (κ1) is 13.0. The van der Waals surface area contributed by atoms with Crippen LogP contribution in [0, 0.1) is 17.1 Å². The van der Waals surface area contributed by atoms with Gasteiger partial charge < -0.3 is 9.94 Å². The molecule has 0 heterocycles. The van der Waals surface area contributed by atoms with Gasteiger partial charge in [-0.25, -0.2) is 4.39 Å². The van der Waals surface area contributed by atoms with Crippen molar-refractivity contribution < 1.29 is 14.3 Å². The highest BCUT2D eigenvalue weighted by Crippen LogP contribution is 2.21. The van der Waals surface area contributed by atoms with Crippen LogP contribution in [-0.2, 0) is 0 Å². The Kier molecular flexibility index (Phi) is 4.95. The van der Waals surface area contributed by atoms with Crippen molar-refractivity contribution in [3.63, 3.8) is 0 Å². The molecule has 0 saturated heterocycles. The molecule has 0 aliphatic heterocycles. The minimum absolute atomic E-state index is 0.278. The summed E-state index contributed by atoms with van der Waals surface area (Å²) >= 11 is 0. The van der Waals surface area contributed by atoms with Gasteiger partial charge in [0, 0.05) is 12.0 Å². The zero-order chi connectivity index (χ0) is 12.7. The fourth-order valence-corrected chi connectivity index (χ4v) is 1.30. The van der Waals surface area contributed by atoms with Crippen molar-refractivity contribution in [2.24, 2.45) is 5.16 Å². The number of ether oxygens (including phenoxy) is 1. The third kappa shape index (κ3) is 3.76. The number of hydrogen-bond acceptors (Lipinski definition) is 4. The number of rotatable bonds is 5. The first-order valence-corrected chi connectivity index (χ1v) is 5.17. The van der Waals surface area contributed by atoms with Gasteiger partial charge in [0.15, 0.2) is 0 Å². The Morgan fingerprint density at radius 2 is 2.35 bits per heavy atom. The topological polar surface area (TPSA) is 65.6 Å². The van der Waals surface area contributed by atoms with Gasteiger partial charge >= 0.3 is 0 Å². The van der Waals surface area contributed by atoms with Crippen LogP contribution in [0.15, 0.2) is 23.4 Å². The fraction of sp³-hybridized carbons (Fsp3) is 0.333. The van der Waals surface area contributed by atoms with E-state index >= 15 is 0 Å². The average Bonchev–Trinajstić information content (AvgIpc) is 2.35. The standard InChI is InChI=1S/C12H13FN2O2/c1-9(15-16)11-8-10(13)4-5-12(11)17-7-3-2-6-14/h4-5,8,16H,2-3,7H2,1H3. The Bertz CT molecular complexity index is 452. The van der Waals surface area contributed by atoms with Crippen molar-refractivity contribution >= 4 is 5.71 Å². The lowest BCUT2D eigenvalue weighted by Gasteiger charge is -2.10. The van der Waals surface area contributed by atoms with E-state index in [2.05, 4.69) is 5.16 Å². The Labute approximate surface area is 98.9 Å². The first-order valence-electron chi connectivity index (χ1n) is 5.17. The van der Waals surface area contributed by atoms with Gasteiger partial charge in [0.25, 0.3) is 0 Å². The van der Waals surface area contributed by atoms with Gasteiger partial charge in [0.05, 0.1) is 18.4 Å². The van der Waals surface area contributed by atoms with Gasteiger partial charge in [0.1, 0.15) is 11.6 Å². The summed E-state index contributed by atoms with van der Waals surface area (Å²) < 4.78 is 18.5. The molecule has 17 heavy (non-hydrogen) atoms. The molecule has 0 unspecified atom stereocenters. The quantitative estimate of drug-likeness (QED) is 0.370. The van der Waals surface area contributed by atoms with Crippen LogP contribution in [0.3, 0.4) is 0 Å². The molecule has 4 nitrogen and oxygen atoms in total. The molecule has 0 aliphatic rings. The van der Waals surface area contributed by atoms with Crippen LogP contribution >= 0.6 is 0 Å². The molecule has 0 fully saturated rings. The van der Waals surface area contributed by atoms with Crippen LogP contribution in [-0.4, -0.2) is 17.5 Å². The molecule has 0 bridgehead atoms. The van der Waals surface area contributed by atoms with E-state index < -0.39 is 5.82 Å². The molecule has 0 atom stereocenters. The van der Waals surface area contributed by atoms with Gasteiger partial charge in [-0.05, 0) is 31.5 Å². The molecule has 1 N–H and O–H groups in total. The SMILES string of the molecule is CC(=NO)c1cc(F)ccc1OCCCC#N. The molecule has 0 saturated carbocycles. The van der Waals surface area contributed by atoms with Gasteiger partial charge in [-0.15, -0.1) is 0 Å². The van der Waals surface area contributed by atoms with Crippen molar-refractivity contribution in [1.82, 2.24) is 0 Å². The van der Waals surface area contributed by atoms with Crippen molar-refractivity contribution in [3.8, 4) is 11.8 Å². The number of oxime groups is 1. The molecule has 1 aromatic carbocycles. The summed E-state index contributed by atoms with van der Waals surface area (Å²) in [5, 5.41) is 20.1. The summed E-state index contributed by atoms with van der Waals surface area (Å²) in [5.74, 6) is 0.0204. The maximum absolute atomic E-state index is 13.1. The molecular formula is C12H13FN2O2. The molecule has 0 aliphatic carbocycles. The Hall–Kier alpha value is -2.09. The predicted octanol–water partition coefficient (Wildman–Crippen LogP) is 2.71. The van der Waals surface area contributed by atoms with Gasteiger partial charge in [-0.2, -0.15) is 5.26 Å². The molecule has 5 heteroatoms. The largest absolute Gasteiger partial charge is 0.493 e. The Morgan fingerprint density at radius 1 is 1.59 bits per heavy atom. The van der Waals surface area contributed by atoms with Crippen LogP contribution in [0.5, 0.6) is 5.75 Å². The van der Waals surface area contributed by atoms with Crippen molar-refractivity contribution in [2.45, 2.75) is 19.8 Å². The summed E-state index contributed by atoms with van der Waals surface area (Å²) in [6.07, 6.45) is 1.01. The zero-order valence-corrected chi connectivity index (χ0v) is 9.48. The van der Waals surface area contributed by atoms with Crippen molar-refractivity contribution in [2.75, 3.05) is 6.61 Å². The number of hydrogen-bond donors (Lipinski definition) is 1. The molecule has 1 rings (SSSR count). The van der Waals surface area contributed by atoms with Gasteiger partial charge in [-0.1, -0.05) is 5.16 Å². The average molecular weight is 236 g/mol. The molecule has 90 valence electrons. The Morgan fingerprint density at radius 3 is 3.00 bits per heavy atom. The van der Waals surface area contributed by atoms with Gasteiger partial charge in [0.2, 0.25) is 0 Å². The summed E-state index contributed by atoms with van der Waals surface area (Å²) in [7, 11) is 0. The normalized spacial score (nSPS) is 11.0. The number of nitriles is 1. The number of nitrogens with zero attached hydrogens (tertiary/aromatic N) is 2.